The summed E-state index contributed by atoms with van der Waals surface area (Å²) in [6.45, 7) is 0.593. The van der Waals surface area contributed by atoms with E-state index in [0.717, 1.165) is 12.1 Å². The van der Waals surface area contributed by atoms with Crippen LogP contribution in [-0.4, -0.2) is 44.3 Å². The maximum Gasteiger partial charge on any atom is 0.251 e. The largest absolute Gasteiger partial charge is 0.378 e. The summed E-state index contributed by atoms with van der Waals surface area (Å²) in [5, 5.41) is 13.3. The maximum absolute atomic E-state index is 13.9. The summed E-state index contributed by atoms with van der Waals surface area (Å²) in [5.74, 6) is -0.870. The number of hydrogen-bond acceptors (Lipinski definition) is 7. The van der Waals surface area contributed by atoms with Crippen LogP contribution in [0, 0.1) is 11.6 Å². The molecule has 5 rings (SSSR count). The summed E-state index contributed by atoms with van der Waals surface area (Å²) in [6, 6.07) is 12.1. The first kappa shape index (κ1) is 22.5. The Balaban J connectivity index is 1.34. The van der Waals surface area contributed by atoms with Crippen molar-refractivity contribution < 1.29 is 18.3 Å². The predicted molar refractivity (Wildman–Crippen MR) is 122 cm³/mol. The molecule has 1 fully saturated rings. The highest BCUT2D eigenvalue weighted by atomic mass is 19.1. The highest BCUT2D eigenvalue weighted by Crippen LogP contribution is 2.33. The number of benzene rings is 2. The van der Waals surface area contributed by atoms with Gasteiger partial charge in [-0.2, -0.15) is 5.10 Å². The van der Waals surface area contributed by atoms with Crippen molar-refractivity contribution in [1.82, 2.24) is 30.5 Å². The monoisotopic (exact) mass is 477 g/mol. The fourth-order valence-corrected chi connectivity index (χ4v) is 3.91. The second kappa shape index (κ2) is 9.55. The molecule has 0 saturated carbocycles. The van der Waals surface area contributed by atoms with Crippen molar-refractivity contribution >= 4 is 11.6 Å². The highest BCUT2D eigenvalue weighted by molar-refractivity contribution is 5.95. The molecule has 0 aliphatic carbocycles. The molecule has 0 bridgehead atoms. The number of ether oxygens (including phenoxy) is 1. The van der Waals surface area contributed by atoms with Crippen molar-refractivity contribution in [3.05, 3.63) is 89.6 Å². The first-order chi connectivity index (χ1) is 17.0. The Morgan fingerprint density at radius 2 is 1.97 bits per heavy atom. The fourth-order valence-electron chi connectivity index (χ4n) is 3.91. The summed E-state index contributed by atoms with van der Waals surface area (Å²) in [6.07, 6.45) is 3.66. The van der Waals surface area contributed by atoms with E-state index in [9.17, 15) is 13.6 Å². The lowest BCUT2D eigenvalue weighted by Crippen LogP contribution is -2.37. The van der Waals surface area contributed by atoms with E-state index < -0.39 is 23.1 Å². The molecule has 0 radical (unpaired) electrons. The van der Waals surface area contributed by atoms with E-state index in [1.165, 1.54) is 12.4 Å². The Kier molecular flexibility index (Phi) is 6.15. The van der Waals surface area contributed by atoms with Crippen molar-refractivity contribution in [2.24, 2.45) is 0 Å². The first-order valence-electron chi connectivity index (χ1n) is 10.9. The summed E-state index contributed by atoms with van der Waals surface area (Å²) >= 11 is 0. The zero-order valence-electron chi connectivity index (χ0n) is 18.5. The van der Waals surface area contributed by atoms with Crippen molar-refractivity contribution in [2.75, 3.05) is 18.5 Å². The molecule has 4 aromatic rings. The Morgan fingerprint density at radius 1 is 1.14 bits per heavy atom. The molecule has 1 atom stereocenters. The van der Waals surface area contributed by atoms with Crippen LogP contribution in [0.15, 0.2) is 61.1 Å². The lowest BCUT2D eigenvalue weighted by atomic mass is 9.97. The van der Waals surface area contributed by atoms with Crippen LogP contribution < -0.4 is 10.6 Å². The molecule has 3 N–H and O–H groups in total. The normalized spacial score (nSPS) is 17.3. The van der Waals surface area contributed by atoms with Crippen molar-refractivity contribution in [2.45, 2.75) is 18.5 Å². The van der Waals surface area contributed by atoms with Gasteiger partial charge in [-0.3, -0.25) is 9.89 Å². The van der Waals surface area contributed by atoms with Gasteiger partial charge in [0.1, 0.15) is 29.2 Å². The van der Waals surface area contributed by atoms with E-state index in [-0.39, 0.29) is 12.1 Å². The van der Waals surface area contributed by atoms with Crippen LogP contribution in [0.3, 0.4) is 0 Å². The number of aromatic nitrogens is 5. The summed E-state index contributed by atoms with van der Waals surface area (Å²) in [4.78, 5) is 25.4. The van der Waals surface area contributed by atoms with Crippen LogP contribution >= 0.6 is 0 Å². The van der Waals surface area contributed by atoms with Gasteiger partial charge >= 0.3 is 0 Å². The minimum atomic E-state index is -0.711. The Hall–Kier alpha value is -4.25. The van der Waals surface area contributed by atoms with E-state index in [2.05, 4.69) is 35.8 Å². The molecule has 3 heterocycles. The number of carbonyl (C=O) groups excluding carboxylic acids is 1. The molecule has 1 aliphatic heterocycles. The van der Waals surface area contributed by atoms with Gasteiger partial charge in [-0.15, -0.1) is 0 Å². The van der Waals surface area contributed by atoms with E-state index in [1.54, 1.807) is 30.5 Å². The van der Waals surface area contributed by atoms with E-state index in [0.29, 0.717) is 48.2 Å². The van der Waals surface area contributed by atoms with E-state index in [4.69, 9.17) is 4.74 Å². The number of halogens is 2. The third-order valence-electron chi connectivity index (χ3n) is 5.77. The molecule has 35 heavy (non-hydrogen) atoms. The summed E-state index contributed by atoms with van der Waals surface area (Å²) in [7, 11) is 0. The summed E-state index contributed by atoms with van der Waals surface area (Å²) < 4.78 is 33.4. The van der Waals surface area contributed by atoms with Gasteiger partial charge < -0.3 is 15.4 Å². The van der Waals surface area contributed by atoms with Gasteiger partial charge in [-0.05, 0) is 36.4 Å². The molecule has 2 aromatic carbocycles. The number of nitrogens with one attached hydrogen (secondary N) is 3. The van der Waals surface area contributed by atoms with Gasteiger partial charge in [0.15, 0.2) is 11.6 Å². The molecule has 1 amide bonds. The molecule has 11 heteroatoms. The molecule has 1 unspecified atom stereocenters. The van der Waals surface area contributed by atoms with Crippen LogP contribution in [0.25, 0.3) is 11.5 Å². The quantitative estimate of drug-likeness (QED) is 0.374. The Bertz CT molecular complexity index is 1320. The average Bonchev–Trinajstić information content (AvgIpc) is 3.55. The highest BCUT2D eigenvalue weighted by Gasteiger charge is 2.40. The average molecular weight is 477 g/mol. The second-order valence-corrected chi connectivity index (χ2v) is 8.08. The van der Waals surface area contributed by atoms with Crippen LogP contribution in [-0.2, 0) is 16.8 Å². The molecular weight excluding hydrogens is 456 g/mol. The first-order valence-corrected chi connectivity index (χ1v) is 10.9. The molecule has 1 saturated heterocycles. The third kappa shape index (κ3) is 4.71. The minimum Gasteiger partial charge on any atom is -0.378 e. The Labute approximate surface area is 199 Å². The SMILES string of the molecule is O=C(NCc1c(F)cccc1F)c1cccc(NC2(c3nc(-c4ccncn4)n[nH]3)CCOC2)c1. The van der Waals surface area contributed by atoms with Gasteiger partial charge in [-0.1, -0.05) is 12.1 Å². The van der Waals surface area contributed by atoms with Crippen molar-refractivity contribution in [3.63, 3.8) is 0 Å². The van der Waals surface area contributed by atoms with Gasteiger partial charge in [0.05, 0.1) is 6.61 Å². The number of amides is 1. The van der Waals surface area contributed by atoms with E-state index in [1.807, 2.05) is 6.07 Å². The molecular formula is C24H21F2N7O2. The maximum atomic E-state index is 13.9. The van der Waals surface area contributed by atoms with Crippen LogP contribution in [0.1, 0.15) is 28.2 Å². The van der Waals surface area contributed by atoms with Crippen LogP contribution in [0.5, 0.6) is 0 Å². The number of H-pyrrole nitrogens is 1. The molecule has 178 valence electrons. The van der Waals surface area contributed by atoms with Gasteiger partial charge in [0.2, 0.25) is 0 Å². The lowest BCUT2D eigenvalue weighted by molar-refractivity contribution is 0.0950. The number of aromatic amines is 1. The topological polar surface area (TPSA) is 118 Å². The van der Waals surface area contributed by atoms with E-state index >= 15 is 0 Å². The Morgan fingerprint density at radius 3 is 2.71 bits per heavy atom. The zero-order chi connectivity index (χ0) is 24.3. The van der Waals surface area contributed by atoms with Crippen LogP contribution in [0.4, 0.5) is 14.5 Å². The minimum absolute atomic E-state index is 0.193. The zero-order valence-corrected chi connectivity index (χ0v) is 18.5. The molecule has 0 spiro atoms. The standard InChI is InChI=1S/C24H21F2N7O2/c25-18-5-2-6-19(26)17(18)12-28-22(34)15-3-1-4-16(11-15)31-24(8-10-35-13-24)23-30-21(32-33-23)20-7-9-27-14-29-20/h1-7,9,11,14,31H,8,10,12-13H2,(H,28,34)(H,30,32,33). The third-order valence-corrected chi connectivity index (χ3v) is 5.77. The van der Waals surface area contributed by atoms with Crippen molar-refractivity contribution in [3.8, 4) is 11.5 Å². The number of hydrogen-bond donors (Lipinski definition) is 3. The lowest BCUT2D eigenvalue weighted by Gasteiger charge is -2.27. The summed E-state index contributed by atoms with van der Waals surface area (Å²) in [5.41, 5.74) is 0.688. The number of carbonyl (C=O) groups is 1. The number of nitrogens with zero attached hydrogens (tertiary/aromatic N) is 4. The number of anilines is 1. The molecule has 2 aromatic heterocycles. The molecule has 9 nitrogen and oxygen atoms in total. The van der Waals surface area contributed by atoms with Crippen LogP contribution in [0.2, 0.25) is 0 Å². The smallest absolute Gasteiger partial charge is 0.251 e. The molecule has 1 aliphatic rings. The van der Waals surface area contributed by atoms with Crippen molar-refractivity contribution in [1.29, 1.82) is 0 Å². The fraction of sp³-hybridized carbons (Fsp3) is 0.208. The van der Waals surface area contributed by atoms with Gasteiger partial charge in [-0.25, -0.2) is 23.7 Å². The predicted octanol–water partition coefficient (Wildman–Crippen LogP) is 3.20. The number of rotatable bonds is 7. The van der Waals surface area contributed by atoms with Gasteiger partial charge in [0.25, 0.3) is 5.91 Å². The second-order valence-electron chi connectivity index (χ2n) is 8.08. The van der Waals surface area contributed by atoms with Gasteiger partial charge in [0, 0.05) is 42.6 Å².